The zero-order valence-electron chi connectivity index (χ0n) is 12.4. The number of aromatic amines is 1. The van der Waals surface area contributed by atoms with Gasteiger partial charge in [0.25, 0.3) is 5.56 Å². The first-order valence-electron chi connectivity index (χ1n) is 7.26. The molecule has 0 fully saturated rings. The highest BCUT2D eigenvalue weighted by molar-refractivity contribution is 7.99. The highest BCUT2D eigenvalue weighted by atomic mass is 32.2. The standard InChI is InChI=1S/C16H21N3OS/c1-3-7-11-10-15(20)19-16(18-11)21-14-9-6-5-8-12(14)13(17)4-2/h5-6,8-10,13H,3-4,7,17H2,1-2H3,(H,18,19,20)/t13-/m0/s1. The number of nitrogens with one attached hydrogen (secondary N) is 1. The number of hydrogen-bond acceptors (Lipinski definition) is 4. The molecule has 0 amide bonds. The van der Waals surface area contributed by atoms with E-state index in [1.54, 1.807) is 6.07 Å². The van der Waals surface area contributed by atoms with Crippen molar-refractivity contribution in [1.82, 2.24) is 9.97 Å². The lowest BCUT2D eigenvalue weighted by Crippen LogP contribution is -2.11. The summed E-state index contributed by atoms with van der Waals surface area (Å²) in [5.74, 6) is 0. The van der Waals surface area contributed by atoms with Crippen LogP contribution in [0.15, 0.2) is 45.2 Å². The van der Waals surface area contributed by atoms with E-state index in [-0.39, 0.29) is 11.6 Å². The summed E-state index contributed by atoms with van der Waals surface area (Å²) < 4.78 is 0. The third-order valence-corrected chi connectivity index (χ3v) is 4.22. The molecule has 0 spiro atoms. The second-order valence-electron chi connectivity index (χ2n) is 4.95. The Bertz CT molecular complexity index is 654. The lowest BCUT2D eigenvalue weighted by atomic mass is 10.1. The van der Waals surface area contributed by atoms with E-state index in [9.17, 15) is 4.79 Å². The number of rotatable bonds is 6. The van der Waals surface area contributed by atoms with Crippen LogP contribution in [0.4, 0.5) is 0 Å². The van der Waals surface area contributed by atoms with Gasteiger partial charge in [0, 0.05) is 22.7 Å². The molecule has 0 bridgehead atoms. The van der Waals surface area contributed by atoms with E-state index in [1.807, 2.05) is 24.3 Å². The quantitative estimate of drug-likeness (QED) is 0.803. The molecule has 0 aliphatic rings. The Morgan fingerprint density at radius 3 is 2.81 bits per heavy atom. The molecule has 0 aliphatic heterocycles. The van der Waals surface area contributed by atoms with E-state index in [0.29, 0.717) is 5.16 Å². The second-order valence-corrected chi connectivity index (χ2v) is 5.98. The fourth-order valence-electron chi connectivity index (χ4n) is 2.12. The zero-order valence-corrected chi connectivity index (χ0v) is 13.2. The average Bonchev–Trinajstić information content (AvgIpc) is 2.47. The smallest absolute Gasteiger partial charge is 0.251 e. The van der Waals surface area contributed by atoms with Gasteiger partial charge >= 0.3 is 0 Å². The molecule has 4 nitrogen and oxygen atoms in total. The zero-order chi connectivity index (χ0) is 15.2. The van der Waals surface area contributed by atoms with Crippen molar-refractivity contribution in [3.05, 3.63) is 51.9 Å². The Morgan fingerprint density at radius 2 is 2.10 bits per heavy atom. The molecule has 1 aromatic carbocycles. The minimum absolute atomic E-state index is 0.000698. The first-order valence-corrected chi connectivity index (χ1v) is 8.08. The lowest BCUT2D eigenvalue weighted by molar-refractivity contribution is 0.685. The molecule has 0 unspecified atom stereocenters. The van der Waals surface area contributed by atoms with Crippen LogP contribution in [0.2, 0.25) is 0 Å². The van der Waals surface area contributed by atoms with Crippen molar-refractivity contribution in [2.45, 2.75) is 49.2 Å². The van der Waals surface area contributed by atoms with Gasteiger partial charge in [-0.05, 0) is 24.5 Å². The van der Waals surface area contributed by atoms with Crippen LogP contribution in [0, 0.1) is 0 Å². The maximum atomic E-state index is 11.7. The first kappa shape index (κ1) is 15.8. The summed E-state index contributed by atoms with van der Waals surface area (Å²) in [6, 6.07) is 9.57. The third-order valence-electron chi connectivity index (χ3n) is 3.24. The SMILES string of the molecule is CCCc1cc(=O)[nH]c(Sc2ccccc2[C@@H](N)CC)n1. The van der Waals surface area contributed by atoms with Gasteiger partial charge in [-0.3, -0.25) is 4.79 Å². The van der Waals surface area contributed by atoms with Crippen molar-refractivity contribution < 1.29 is 0 Å². The van der Waals surface area contributed by atoms with E-state index in [2.05, 4.69) is 23.8 Å². The van der Waals surface area contributed by atoms with Gasteiger partial charge in [0.15, 0.2) is 5.16 Å². The van der Waals surface area contributed by atoms with Crippen molar-refractivity contribution in [2.75, 3.05) is 0 Å². The minimum Gasteiger partial charge on any atom is -0.324 e. The monoisotopic (exact) mass is 303 g/mol. The highest BCUT2D eigenvalue weighted by Crippen LogP contribution is 2.31. The molecular weight excluding hydrogens is 282 g/mol. The number of nitrogens with two attached hydrogens (primary N) is 1. The van der Waals surface area contributed by atoms with E-state index in [4.69, 9.17) is 5.73 Å². The predicted octanol–water partition coefficient (Wildman–Crippen LogP) is 3.28. The van der Waals surface area contributed by atoms with Crippen LogP contribution in [0.5, 0.6) is 0 Å². The van der Waals surface area contributed by atoms with Crippen LogP contribution in [-0.2, 0) is 6.42 Å². The largest absolute Gasteiger partial charge is 0.324 e. The van der Waals surface area contributed by atoms with Crippen molar-refractivity contribution >= 4 is 11.8 Å². The molecule has 3 N–H and O–H groups in total. The Hall–Kier alpha value is -1.59. The van der Waals surface area contributed by atoms with Crippen molar-refractivity contribution in [1.29, 1.82) is 0 Å². The summed E-state index contributed by atoms with van der Waals surface area (Å²) in [4.78, 5) is 20.1. The molecule has 2 aromatic rings. The molecule has 112 valence electrons. The van der Waals surface area contributed by atoms with Crippen LogP contribution >= 0.6 is 11.8 Å². The molecule has 0 saturated heterocycles. The summed E-state index contributed by atoms with van der Waals surface area (Å²) in [6.07, 6.45) is 2.66. The lowest BCUT2D eigenvalue weighted by Gasteiger charge is -2.14. The summed E-state index contributed by atoms with van der Waals surface area (Å²) in [6.45, 7) is 4.14. The van der Waals surface area contributed by atoms with Crippen LogP contribution in [-0.4, -0.2) is 9.97 Å². The fourth-order valence-corrected chi connectivity index (χ4v) is 3.13. The number of aryl methyl sites for hydroxylation is 1. The Labute approximate surface area is 129 Å². The van der Waals surface area contributed by atoms with Crippen LogP contribution in [0.1, 0.15) is 44.0 Å². The number of nitrogens with zero attached hydrogens (tertiary/aromatic N) is 1. The fraction of sp³-hybridized carbons (Fsp3) is 0.375. The summed E-state index contributed by atoms with van der Waals surface area (Å²) in [7, 11) is 0. The minimum atomic E-state index is -0.103. The molecule has 1 atom stereocenters. The van der Waals surface area contributed by atoms with E-state index < -0.39 is 0 Å². The normalized spacial score (nSPS) is 12.3. The van der Waals surface area contributed by atoms with Gasteiger partial charge in [-0.1, -0.05) is 50.2 Å². The molecule has 1 heterocycles. The predicted molar refractivity (Wildman–Crippen MR) is 86.6 cm³/mol. The van der Waals surface area contributed by atoms with Crippen molar-refractivity contribution in [3.63, 3.8) is 0 Å². The van der Waals surface area contributed by atoms with Crippen LogP contribution in [0.25, 0.3) is 0 Å². The third kappa shape index (κ3) is 4.19. The Balaban J connectivity index is 2.32. The summed E-state index contributed by atoms with van der Waals surface area (Å²) >= 11 is 1.47. The van der Waals surface area contributed by atoms with Gasteiger partial charge in [0.2, 0.25) is 0 Å². The first-order chi connectivity index (χ1) is 10.1. The topological polar surface area (TPSA) is 71.8 Å². The van der Waals surface area contributed by atoms with Crippen LogP contribution < -0.4 is 11.3 Å². The maximum absolute atomic E-state index is 11.7. The van der Waals surface area contributed by atoms with Gasteiger partial charge in [-0.2, -0.15) is 0 Å². The number of benzene rings is 1. The van der Waals surface area contributed by atoms with Crippen molar-refractivity contribution in [3.8, 4) is 0 Å². The molecule has 0 aliphatic carbocycles. The summed E-state index contributed by atoms with van der Waals surface area (Å²) in [5.41, 5.74) is 7.97. The van der Waals surface area contributed by atoms with Gasteiger partial charge in [0.05, 0.1) is 0 Å². The summed E-state index contributed by atoms with van der Waals surface area (Å²) in [5, 5.41) is 0.627. The van der Waals surface area contributed by atoms with Gasteiger partial charge < -0.3 is 10.7 Å². The Kier molecular flexibility index (Phi) is 5.59. The highest BCUT2D eigenvalue weighted by Gasteiger charge is 2.11. The Morgan fingerprint density at radius 1 is 1.33 bits per heavy atom. The average molecular weight is 303 g/mol. The molecule has 0 saturated carbocycles. The number of H-pyrrole nitrogens is 1. The molecule has 1 aromatic heterocycles. The van der Waals surface area contributed by atoms with E-state index in [1.165, 1.54) is 11.8 Å². The van der Waals surface area contributed by atoms with E-state index >= 15 is 0 Å². The second kappa shape index (κ2) is 7.43. The van der Waals surface area contributed by atoms with Crippen molar-refractivity contribution in [2.24, 2.45) is 5.73 Å². The van der Waals surface area contributed by atoms with Gasteiger partial charge in [0.1, 0.15) is 0 Å². The molecule has 0 radical (unpaired) electrons. The number of aromatic nitrogens is 2. The van der Waals surface area contributed by atoms with E-state index in [0.717, 1.165) is 35.4 Å². The maximum Gasteiger partial charge on any atom is 0.251 e. The number of hydrogen-bond donors (Lipinski definition) is 2. The molecule has 2 rings (SSSR count). The van der Waals surface area contributed by atoms with Crippen LogP contribution in [0.3, 0.4) is 0 Å². The van der Waals surface area contributed by atoms with Gasteiger partial charge in [-0.25, -0.2) is 4.98 Å². The molecule has 21 heavy (non-hydrogen) atoms. The molecular formula is C16H21N3OS. The molecule has 5 heteroatoms. The van der Waals surface area contributed by atoms with Gasteiger partial charge in [-0.15, -0.1) is 0 Å².